The predicted molar refractivity (Wildman–Crippen MR) is 102 cm³/mol. The van der Waals surface area contributed by atoms with Gasteiger partial charge in [-0.05, 0) is 37.3 Å². The number of hydrogen-bond acceptors (Lipinski definition) is 4. The molecule has 0 aliphatic carbocycles. The van der Waals surface area contributed by atoms with E-state index in [4.69, 9.17) is 9.47 Å². The van der Waals surface area contributed by atoms with Gasteiger partial charge in [0, 0.05) is 29.2 Å². The fraction of sp³-hybridized carbons (Fsp3) is 0.200. The molecule has 0 bridgehead atoms. The van der Waals surface area contributed by atoms with E-state index in [9.17, 15) is 4.79 Å². The van der Waals surface area contributed by atoms with Crippen molar-refractivity contribution in [2.45, 2.75) is 6.92 Å². The summed E-state index contributed by atoms with van der Waals surface area (Å²) in [6, 6.07) is 15.1. The van der Waals surface area contributed by atoms with E-state index in [1.54, 1.807) is 37.6 Å². The Kier molecular flexibility index (Phi) is 5.22. The van der Waals surface area contributed by atoms with Crippen LogP contribution in [0.15, 0.2) is 53.6 Å². The lowest BCUT2D eigenvalue weighted by Crippen LogP contribution is -2.24. The fourth-order valence-electron chi connectivity index (χ4n) is 2.74. The number of fused-ring (bicyclic) bond motifs is 1. The van der Waals surface area contributed by atoms with Gasteiger partial charge in [0.1, 0.15) is 11.5 Å². The van der Waals surface area contributed by atoms with E-state index in [2.05, 4.69) is 21.2 Å². The van der Waals surface area contributed by atoms with Gasteiger partial charge in [-0.15, -0.1) is 0 Å². The number of ether oxygens (including phenoxy) is 2. The molecule has 3 aromatic rings. The van der Waals surface area contributed by atoms with Crippen molar-refractivity contribution in [1.29, 1.82) is 0 Å². The maximum atomic E-state index is 11.9. The highest BCUT2D eigenvalue weighted by molar-refractivity contribution is 6.01. The molecule has 1 amide bonds. The first-order chi connectivity index (χ1) is 12.6. The van der Waals surface area contributed by atoms with Gasteiger partial charge in [-0.1, -0.05) is 18.2 Å². The average Bonchev–Trinajstić information content (AvgIpc) is 2.92. The lowest BCUT2D eigenvalue weighted by Gasteiger charge is -2.05. The van der Waals surface area contributed by atoms with Crippen LogP contribution in [0.5, 0.6) is 11.5 Å². The predicted octanol–water partition coefficient (Wildman–Crippen LogP) is 3.02. The van der Waals surface area contributed by atoms with Gasteiger partial charge in [0.2, 0.25) is 0 Å². The van der Waals surface area contributed by atoms with E-state index < -0.39 is 0 Å². The first kappa shape index (κ1) is 17.5. The average molecular weight is 351 g/mol. The molecule has 0 unspecified atom stereocenters. The second-order valence-corrected chi connectivity index (χ2v) is 5.83. The summed E-state index contributed by atoms with van der Waals surface area (Å²) in [5.41, 5.74) is 5.69. The van der Waals surface area contributed by atoms with E-state index in [0.29, 0.717) is 5.75 Å². The molecule has 6 nitrogen and oxygen atoms in total. The molecule has 0 aliphatic heterocycles. The number of amides is 1. The minimum atomic E-state index is -0.324. The maximum absolute atomic E-state index is 11.9. The van der Waals surface area contributed by atoms with Crippen molar-refractivity contribution >= 4 is 23.0 Å². The monoisotopic (exact) mass is 351 g/mol. The van der Waals surface area contributed by atoms with Gasteiger partial charge in [0.25, 0.3) is 5.91 Å². The lowest BCUT2D eigenvalue weighted by molar-refractivity contribution is -0.123. The number of benzene rings is 2. The molecule has 0 spiro atoms. The van der Waals surface area contributed by atoms with E-state index >= 15 is 0 Å². The summed E-state index contributed by atoms with van der Waals surface area (Å²) >= 11 is 0. The van der Waals surface area contributed by atoms with E-state index in [0.717, 1.165) is 27.9 Å². The minimum Gasteiger partial charge on any atom is -0.497 e. The van der Waals surface area contributed by atoms with Crippen molar-refractivity contribution in [1.82, 2.24) is 9.99 Å². The molecule has 0 saturated carbocycles. The molecular weight excluding hydrogens is 330 g/mol. The van der Waals surface area contributed by atoms with Gasteiger partial charge < -0.3 is 14.0 Å². The number of hydrogen-bond donors (Lipinski definition) is 1. The highest BCUT2D eigenvalue weighted by atomic mass is 16.5. The van der Waals surface area contributed by atoms with Crippen LogP contribution < -0.4 is 14.9 Å². The van der Waals surface area contributed by atoms with Crippen molar-refractivity contribution < 1.29 is 14.3 Å². The van der Waals surface area contributed by atoms with Gasteiger partial charge in [0.05, 0.1) is 13.3 Å². The zero-order valence-corrected chi connectivity index (χ0v) is 15.0. The van der Waals surface area contributed by atoms with E-state index in [1.807, 2.05) is 32.2 Å². The summed E-state index contributed by atoms with van der Waals surface area (Å²) < 4.78 is 12.6. The highest BCUT2D eigenvalue weighted by Crippen LogP contribution is 2.23. The number of aromatic nitrogens is 1. The topological polar surface area (TPSA) is 64.8 Å². The molecule has 134 valence electrons. The third-order valence-corrected chi connectivity index (χ3v) is 4.26. The zero-order valence-electron chi connectivity index (χ0n) is 15.0. The van der Waals surface area contributed by atoms with Gasteiger partial charge in [0.15, 0.2) is 6.61 Å². The smallest absolute Gasteiger partial charge is 0.277 e. The quantitative estimate of drug-likeness (QED) is 0.548. The van der Waals surface area contributed by atoms with Crippen molar-refractivity contribution in [2.75, 3.05) is 13.7 Å². The number of hydrazone groups is 1. The van der Waals surface area contributed by atoms with Crippen LogP contribution in [-0.2, 0) is 11.8 Å². The first-order valence-corrected chi connectivity index (χ1v) is 8.23. The lowest BCUT2D eigenvalue weighted by atomic mass is 10.1. The molecule has 2 aromatic carbocycles. The molecule has 0 radical (unpaired) electrons. The first-order valence-electron chi connectivity index (χ1n) is 8.23. The number of aryl methyl sites for hydroxylation is 1. The SMILES string of the molecule is COc1ccc(OCC(=O)N/N=C\c2c(C)n(C)c3ccccc23)cc1. The number of carbonyl (C=O) groups excluding carboxylic acids is 1. The van der Waals surface area contributed by atoms with Crippen LogP contribution >= 0.6 is 0 Å². The van der Waals surface area contributed by atoms with Crippen molar-refractivity contribution in [3.8, 4) is 11.5 Å². The van der Waals surface area contributed by atoms with E-state index in [1.165, 1.54) is 0 Å². The summed E-state index contributed by atoms with van der Waals surface area (Å²) in [7, 11) is 3.61. The Bertz CT molecular complexity index is 943. The zero-order chi connectivity index (χ0) is 18.5. The van der Waals surface area contributed by atoms with Gasteiger partial charge >= 0.3 is 0 Å². The summed E-state index contributed by atoms with van der Waals surface area (Å²) in [6.45, 7) is 1.91. The Morgan fingerprint density at radius 3 is 2.58 bits per heavy atom. The van der Waals surface area contributed by atoms with Crippen LogP contribution in [0.25, 0.3) is 10.9 Å². The largest absolute Gasteiger partial charge is 0.497 e. The van der Waals surface area contributed by atoms with Gasteiger partial charge in [-0.2, -0.15) is 5.10 Å². The molecule has 0 aliphatic rings. The van der Waals surface area contributed by atoms with Gasteiger partial charge in [-0.25, -0.2) is 5.43 Å². The molecule has 26 heavy (non-hydrogen) atoms. The van der Waals surface area contributed by atoms with Crippen LogP contribution in [0.1, 0.15) is 11.3 Å². The van der Waals surface area contributed by atoms with Crippen molar-refractivity contribution in [3.63, 3.8) is 0 Å². The summed E-state index contributed by atoms with van der Waals surface area (Å²) in [6.07, 6.45) is 1.67. The molecular formula is C20H21N3O3. The van der Waals surface area contributed by atoms with E-state index in [-0.39, 0.29) is 12.5 Å². The Morgan fingerprint density at radius 2 is 1.85 bits per heavy atom. The molecule has 1 aromatic heterocycles. The summed E-state index contributed by atoms with van der Waals surface area (Å²) in [5, 5.41) is 5.16. The highest BCUT2D eigenvalue weighted by Gasteiger charge is 2.09. The Labute approximate surface area is 152 Å². The second kappa shape index (κ2) is 7.74. The molecule has 0 atom stereocenters. The number of nitrogens with zero attached hydrogens (tertiary/aromatic N) is 2. The second-order valence-electron chi connectivity index (χ2n) is 5.83. The van der Waals surface area contributed by atoms with Crippen molar-refractivity contribution in [2.24, 2.45) is 12.1 Å². The Balaban J connectivity index is 1.60. The van der Waals surface area contributed by atoms with Crippen molar-refractivity contribution in [3.05, 3.63) is 59.8 Å². The summed E-state index contributed by atoms with van der Waals surface area (Å²) in [5.74, 6) is 1.00. The van der Waals surface area contributed by atoms with Crippen LogP contribution in [0.2, 0.25) is 0 Å². The third kappa shape index (κ3) is 3.69. The Hall–Kier alpha value is -3.28. The van der Waals surface area contributed by atoms with Gasteiger partial charge in [-0.3, -0.25) is 4.79 Å². The number of methoxy groups -OCH3 is 1. The number of rotatable bonds is 6. The molecule has 3 rings (SSSR count). The molecule has 1 N–H and O–H groups in total. The Morgan fingerprint density at radius 1 is 1.15 bits per heavy atom. The molecule has 6 heteroatoms. The van der Waals surface area contributed by atoms with Crippen LogP contribution in [-0.4, -0.2) is 30.4 Å². The number of carbonyl (C=O) groups is 1. The maximum Gasteiger partial charge on any atom is 0.277 e. The summed E-state index contributed by atoms with van der Waals surface area (Å²) in [4.78, 5) is 11.9. The van der Waals surface area contributed by atoms with Crippen LogP contribution in [0, 0.1) is 6.92 Å². The number of para-hydroxylation sites is 1. The van der Waals surface area contributed by atoms with Crippen LogP contribution in [0.3, 0.4) is 0 Å². The number of nitrogens with one attached hydrogen (secondary N) is 1. The van der Waals surface area contributed by atoms with Crippen LogP contribution in [0.4, 0.5) is 0 Å². The normalized spacial score (nSPS) is 11.0. The minimum absolute atomic E-state index is 0.113. The standard InChI is InChI=1S/C20H21N3O3/c1-14-18(17-6-4-5-7-19(17)23(14)2)12-21-22-20(24)13-26-16-10-8-15(25-3)9-11-16/h4-12H,13H2,1-3H3,(H,22,24)/b21-12-. The molecule has 1 heterocycles. The third-order valence-electron chi connectivity index (χ3n) is 4.26. The molecule has 0 saturated heterocycles. The fourth-order valence-corrected chi connectivity index (χ4v) is 2.74. The molecule has 0 fully saturated rings.